The van der Waals surface area contributed by atoms with E-state index in [0.717, 1.165) is 15.8 Å². The summed E-state index contributed by atoms with van der Waals surface area (Å²) in [4.78, 5) is 21.6. The van der Waals surface area contributed by atoms with Gasteiger partial charge < -0.3 is 9.64 Å². The van der Waals surface area contributed by atoms with Crippen molar-refractivity contribution in [2.75, 3.05) is 44.9 Å². The number of thiazole rings is 1. The van der Waals surface area contributed by atoms with Gasteiger partial charge in [-0.3, -0.25) is 9.69 Å². The minimum absolute atomic E-state index is 0.115. The molecule has 2 aromatic carbocycles. The molecule has 0 saturated carbocycles. The van der Waals surface area contributed by atoms with E-state index in [9.17, 15) is 13.2 Å². The first kappa shape index (κ1) is 24.2. The molecule has 0 aliphatic carbocycles. The standard InChI is InChI=1S/C23H29N3O4S2/c1-16-14-20-21(15-17(16)2)31-23(24-20)26(12-11-25(3)4)22(27)10-13-32(28,29)19-8-6-18(30-5)7-9-19/h6-9,14-15H,10-13H2,1-5H3. The van der Waals surface area contributed by atoms with Crippen LogP contribution in [0.1, 0.15) is 17.5 Å². The molecule has 0 atom stereocenters. The number of rotatable bonds is 9. The number of ether oxygens (including phenoxy) is 1. The molecule has 0 saturated heterocycles. The Labute approximate surface area is 193 Å². The summed E-state index contributed by atoms with van der Waals surface area (Å²) in [6.45, 7) is 5.16. The highest BCUT2D eigenvalue weighted by atomic mass is 32.2. The van der Waals surface area contributed by atoms with Crippen LogP contribution in [-0.4, -0.2) is 64.3 Å². The number of aryl methyl sites for hydroxylation is 2. The van der Waals surface area contributed by atoms with Crippen molar-refractivity contribution >= 4 is 42.4 Å². The van der Waals surface area contributed by atoms with Crippen LogP contribution in [0.5, 0.6) is 5.75 Å². The number of methoxy groups -OCH3 is 1. The summed E-state index contributed by atoms with van der Waals surface area (Å²) < 4.78 is 31.6. The van der Waals surface area contributed by atoms with Gasteiger partial charge in [0.25, 0.3) is 0 Å². The highest BCUT2D eigenvalue weighted by Crippen LogP contribution is 2.31. The van der Waals surface area contributed by atoms with Crippen LogP contribution in [0.15, 0.2) is 41.3 Å². The Morgan fingerprint density at radius 3 is 2.34 bits per heavy atom. The zero-order valence-electron chi connectivity index (χ0n) is 19.1. The number of nitrogens with zero attached hydrogens (tertiary/aromatic N) is 3. The Hall–Kier alpha value is -2.49. The number of aromatic nitrogens is 1. The van der Waals surface area contributed by atoms with E-state index in [1.54, 1.807) is 17.0 Å². The Morgan fingerprint density at radius 2 is 1.72 bits per heavy atom. The van der Waals surface area contributed by atoms with Crippen LogP contribution >= 0.6 is 11.3 Å². The fraction of sp³-hybridized carbons (Fsp3) is 0.391. The molecule has 9 heteroatoms. The fourth-order valence-electron chi connectivity index (χ4n) is 3.17. The lowest BCUT2D eigenvalue weighted by molar-refractivity contribution is -0.118. The molecule has 0 radical (unpaired) electrons. The first-order chi connectivity index (χ1) is 15.1. The van der Waals surface area contributed by atoms with Crippen LogP contribution in [0.2, 0.25) is 0 Å². The molecule has 1 heterocycles. The van der Waals surface area contributed by atoms with Gasteiger partial charge in [0.05, 0.1) is 28.0 Å². The topological polar surface area (TPSA) is 79.8 Å². The van der Waals surface area contributed by atoms with Crippen molar-refractivity contribution < 1.29 is 17.9 Å². The summed E-state index contributed by atoms with van der Waals surface area (Å²) in [5, 5.41) is 0.596. The number of hydrogen-bond donors (Lipinski definition) is 0. The Balaban J connectivity index is 1.81. The van der Waals surface area contributed by atoms with E-state index in [-0.39, 0.29) is 23.0 Å². The van der Waals surface area contributed by atoms with Crippen LogP contribution in [-0.2, 0) is 14.6 Å². The molecule has 3 aromatic rings. The number of amides is 1. The zero-order chi connectivity index (χ0) is 23.5. The summed E-state index contributed by atoms with van der Waals surface area (Å²) in [5.41, 5.74) is 3.16. The molecule has 0 unspecified atom stereocenters. The van der Waals surface area contributed by atoms with Crippen molar-refractivity contribution in [3.8, 4) is 5.75 Å². The molecule has 1 aromatic heterocycles. The largest absolute Gasteiger partial charge is 0.497 e. The van der Waals surface area contributed by atoms with Gasteiger partial charge in [0.1, 0.15) is 5.75 Å². The Kier molecular flexibility index (Phi) is 7.53. The minimum atomic E-state index is -3.59. The molecule has 0 N–H and O–H groups in total. The molecule has 7 nitrogen and oxygen atoms in total. The van der Waals surface area contributed by atoms with Crippen molar-refractivity contribution in [2.24, 2.45) is 0 Å². The third-order valence-electron chi connectivity index (χ3n) is 5.30. The third kappa shape index (κ3) is 5.65. The van der Waals surface area contributed by atoms with E-state index in [1.165, 1.54) is 36.1 Å². The lowest BCUT2D eigenvalue weighted by Crippen LogP contribution is -2.37. The van der Waals surface area contributed by atoms with Gasteiger partial charge in [0, 0.05) is 19.5 Å². The van der Waals surface area contributed by atoms with Crippen molar-refractivity contribution in [1.82, 2.24) is 9.88 Å². The van der Waals surface area contributed by atoms with Crippen LogP contribution in [0.3, 0.4) is 0 Å². The average molecular weight is 476 g/mol. The number of carbonyl (C=O) groups excluding carboxylic acids is 1. The second-order valence-corrected chi connectivity index (χ2v) is 11.1. The van der Waals surface area contributed by atoms with Gasteiger partial charge in [-0.15, -0.1) is 0 Å². The quantitative estimate of drug-likeness (QED) is 0.470. The molecule has 0 aliphatic heterocycles. The van der Waals surface area contributed by atoms with Crippen molar-refractivity contribution in [2.45, 2.75) is 25.2 Å². The number of sulfone groups is 1. The summed E-state index contributed by atoms with van der Waals surface area (Å²) in [6, 6.07) is 10.3. The highest BCUT2D eigenvalue weighted by molar-refractivity contribution is 7.91. The number of hydrogen-bond acceptors (Lipinski definition) is 7. The first-order valence-electron chi connectivity index (χ1n) is 10.3. The van der Waals surface area contributed by atoms with Crippen molar-refractivity contribution in [3.63, 3.8) is 0 Å². The van der Waals surface area contributed by atoms with Gasteiger partial charge in [0.15, 0.2) is 15.0 Å². The Morgan fingerprint density at radius 1 is 1.06 bits per heavy atom. The fourth-order valence-corrected chi connectivity index (χ4v) is 5.49. The molecule has 172 valence electrons. The van der Waals surface area contributed by atoms with Gasteiger partial charge in [-0.05, 0) is 75.5 Å². The smallest absolute Gasteiger partial charge is 0.229 e. The van der Waals surface area contributed by atoms with E-state index < -0.39 is 9.84 Å². The SMILES string of the molecule is COc1ccc(S(=O)(=O)CCC(=O)N(CCN(C)C)c2nc3cc(C)c(C)cc3s2)cc1. The van der Waals surface area contributed by atoms with Crippen LogP contribution in [0.25, 0.3) is 10.2 Å². The maximum Gasteiger partial charge on any atom is 0.229 e. The maximum absolute atomic E-state index is 13.1. The minimum Gasteiger partial charge on any atom is -0.497 e. The van der Waals surface area contributed by atoms with E-state index in [4.69, 9.17) is 4.74 Å². The normalized spacial score (nSPS) is 11.8. The van der Waals surface area contributed by atoms with Gasteiger partial charge >= 0.3 is 0 Å². The number of carbonyl (C=O) groups is 1. The third-order valence-corrected chi connectivity index (χ3v) is 8.07. The average Bonchev–Trinajstić information content (AvgIpc) is 3.14. The highest BCUT2D eigenvalue weighted by Gasteiger charge is 2.23. The predicted molar refractivity (Wildman–Crippen MR) is 130 cm³/mol. The molecule has 0 bridgehead atoms. The second kappa shape index (κ2) is 9.97. The molecular formula is C23H29N3O4S2. The van der Waals surface area contributed by atoms with Crippen LogP contribution < -0.4 is 9.64 Å². The predicted octanol–water partition coefficient (Wildman–Crippen LogP) is 3.68. The lowest BCUT2D eigenvalue weighted by atomic mass is 10.1. The molecule has 32 heavy (non-hydrogen) atoms. The number of anilines is 1. The molecular weight excluding hydrogens is 446 g/mol. The molecule has 0 fully saturated rings. The summed E-state index contributed by atoms with van der Waals surface area (Å²) >= 11 is 1.45. The zero-order valence-corrected chi connectivity index (χ0v) is 20.7. The monoisotopic (exact) mass is 475 g/mol. The summed E-state index contributed by atoms with van der Waals surface area (Å²) in [6.07, 6.45) is -0.115. The Bertz CT molecular complexity index is 1160. The second-order valence-electron chi connectivity index (χ2n) is 7.99. The van der Waals surface area contributed by atoms with E-state index in [0.29, 0.717) is 24.0 Å². The molecule has 3 rings (SSSR count). The number of likely N-dealkylation sites (N-methyl/N-ethyl adjacent to an activating group) is 1. The molecule has 0 aliphatic rings. The maximum atomic E-state index is 13.1. The van der Waals surface area contributed by atoms with Gasteiger partial charge in [0.2, 0.25) is 5.91 Å². The van der Waals surface area contributed by atoms with Crippen LogP contribution in [0, 0.1) is 13.8 Å². The van der Waals surface area contributed by atoms with E-state index in [1.807, 2.05) is 38.9 Å². The van der Waals surface area contributed by atoms with E-state index in [2.05, 4.69) is 11.1 Å². The van der Waals surface area contributed by atoms with Crippen molar-refractivity contribution in [1.29, 1.82) is 0 Å². The van der Waals surface area contributed by atoms with Gasteiger partial charge in [-0.25, -0.2) is 13.4 Å². The van der Waals surface area contributed by atoms with Gasteiger partial charge in [-0.2, -0.15) is 0 Å². The molecule has 1 amide bonds. The summed E-state index contributed by atoms with van der Waals surface area (Å²) in [5.74, 6) is 0.0624. The van der Waals surface area contributed by atoms with E-state index >= 15 is 0 Å². The first-order valence-corrected chi connectivity index (χ1v) is 12.8. The van der Waals surface area contributed by atoms with Gasteiger partial charge in [-0.1, -0.05) is 11.3 Å². The summed E-state index contributed by atoms with van der Waals surface area (Å²) in [7, 11) is 1.79. The lowest BCUT2D eigenvalue weighted by Gasteiger charge is -2.22. The van der Waals surface area contributed by atoms with Crippen LogP contribution in [0.4, 0.5) is 5.13 Å². The molecule has 0 spiro atoms. The van der Waals surface area contributed by atoms with Crippen molar-refractivity contribution in [3.05, 3.63) is 47.5 Å². The number of fused-ring (bicyclic) bond motifs is 1. The number of benzene rings is 2.